The molecule has 4 atom stereocenters. The van der Waals surface area contributed by atoms with Crippen molar-refractivity contribution in [1.29, 1.82) is 0 Å². The van der Waals surface area contributed by atoms with E-state index in [4.69, 9.17) is 0 Å². The maximum absolute atomic E-state index is 12.4. The summed E-state index contributed by atoms with van der Waals surface area (Å²) in [7, 11) is 0. The number of carbonyl (C=O) groups excluding carboxylic acids is 1. The molecule has 1 aromatic rings. The van der Waals surface area contributed by atoms with E-state index in [1.165, 1.54) is 24.6 Å². The van der Waals surface area contributed by atoms with Crippen LogP contribution in [0, 0.1) is 11.8 Å². The van der Waals surface area contributed by atoms with E-state index in [0.717, 1.165) is 20.9 Å². The maximum Gasteiger partial charge on any atom is 0.233 e. The summed E-state index contributed by atoms with van der Waals surface area (Å²) in [6, 6.07) is 0.319. The van der Waals surface area contributed by atoms with Gasteiger partial charge in [-0.25, -0.2) is 0 Å². The lowest BCUT2D eigenvalue weighted by Gasteiger charge is -2.35. The minimum Gasteiger partial charge on any atom is -0.352 e. The molecule has 124 valence electrons. The fourth-order valence-electron chi connectivity index (χ4n) is 2.72. The molecule has 1 N–H and O–H groups in total. The van der Waals surface area contributed by atoms with Gasteiger partial charge in [0.05, 0.1) is 5.25 Å². The largest absolute Gasteiger partial charge is 0.352 e. The minimum atomic E-state index is -0.128. The molecule has 1 amide bonds. The minimum absolute atomic E-state index is 0.121. The summed E-state index contributed by atoms with van der Waals surface area (Å²) in [6.07, 6.45) is 3.59. The summed E-state index contributed by atoms with van der Waals surface area (Å²) in [4.78, 5) is 12.4. The van der Waals surface area contributed by atoms with Crippen molar-refractivity contribution >= 4 is 40.8 Å². The molecule has 0 bridgehead atoms. The highest BCUT2D eigenvalue weighted by Gasteiger charge is 2.29. The number of hydrogen-bond acceptors (Lipinski definition) is 6. The van der Waals surface area contributed by atoms with Gasteiger partial charge in [0.25, 0.3) is 0 Å². The maximum atomic E-state index is 12.4. The molecular formula is C15H25N3OS3. The Labute approximate surface area is 145 Å². The Morgan fingerprint density at radius 3 is 2.82 bits per heavy atom. The van der Waals surface area contributed by atoms with E-state index in [1.54, 1.807) is 23.1 Å². The highest BCUT2D eigenvalue weighted by molar-refractivity contribution is 8.03. The Balaban J connectivity index is 1.85. The van der Waals surface area contributed by atoms with Gasteiger partial charge >= 0.3 is 0 Å². The molecule has 0 unspecified atom stereocenters. The van der Waals surface area contributed by atoms with Gasteiger partial charge in [0.1, 0.15) is 0 Å². The standard InChI is InChI=1S/C15H25N3OS3/c1-5-20-14-17-18-15(22-14)21-11(4)13(19)16-12-8-6-7-9(2)10(12)3/h9-12H,5-8H2,1-4H3,(H,16,19)/t9-,10-,11-,12-/m0/s1. The van der Waals surface area contributed by atoms with Gasteiger partial charge in [-0.3, -0.25) is 4.79 Å². The van der Waals surface area contributed by atoms with Crippen molar-refractivity contribution < 1.29 is 4.79 Å². The van der Waals surface area contributed by atoms with Crippen LogP contribution in [0.25, 0.3) is 0 Å². The first-order chi connectivity index (χ1) is 10.5. The van der Waals surface area contributed by atoms with Crippen molar-refractivity contribution in [3.8, 4) is 0 Å². The summed E-state index contributed by atoms with van der Waals surface area (Å²) in [5.74, 6) is 2.37. The highest BCUT2D eigenvalue weighted by Crippen LogP contribution is 2.32. The van der Waals surface area contributed by atoms with E-state index in [1.807, 2.05) is 6.92 Å². The predicted molar refractivity (Wildman–Crippen MR) is 95.7 cm³/mol. The van der Waals surface area contributed by atoms with Gasteiger partial charge < -0.3 is 5.32 Å². The number of carbonyl (C=O) groups is 1. The SMILES string of the molecule is CCSc1nnc(S[C@@H](C)C(=O)N[C@H]2CCC[C@H](C)[C@@H]2C)s1. The molecule has 0 aromatic carbocycles. The summed E-state index contributed by atoms with van der Waals surface area (Å²) in [5, 5.41) is 11.4. The second kappa shape index (κ2) is 8.55. The second-order valence-corrected chi connectivity index (χ2v) is 9.99. The van der Waals surface area contributed by atoms with Gasteiger partial charge in [0.15, 0.2) is 8.68 Å². The Morgan fingerprint density at radius 1 is 1.36 bits per heavy atom. The van der Waals surface area contributed by atoms with Crippen LogP contribution >= 0.6 is 34.9 Å². The monoisotopic (exact) mass is 359 g/mol. The van der Waals surface area contributed by atoms with Gasteiger partial charge in [0.2, 0.25) is 5.91 Å². The lowest BCUT2D eigenvalue weighted by molar-refractivity contribution is -0.121. The van der Waals surface area contributed by atoms with Gasteiger partial charge in [-0.15, -0.1) is 10.2 Å². The van der Waals surface area contributed by atoms with E-state index in [0.29, 0.717) is 17.9 Å². The first kappa shape index (κ1) is 18.1. The van der Waals surface area contributed by atoms with Crippen LogP contribution in [-0.2, 0) is 4.79 Å². The van der Waals surface area contributed by atoms with Crippen molar-refractivity contribution in [2.24, 2.45) is 11.8 Å². The van der Waals surface area contributed by atoms with Crippen molar-refractivity contribution in [2.75, 3.05) is 5.75 Å². The number of nitrogens with zero attached hydrogens (tertiary/aromatic N) is 2. The van der Waals surface area contributed by atoms with Crippen LogP contribution in [0.5, 0.6) is 0 Å². The van der Waals surface area contributed by atoms with Gasteiger partial charge in [-0.2, -0.15) is 0 Å². The number of hydrogen-bond donors (Lipinski definition) is 1. The van der Waals surface area contributed by atoms with Crippen molar-refractivity contribution in [1.82, 2.24) is 15.5 Å². The van der Waals surface area contributed by atoms with E-state index < -0.39 is 0 Å². The fourth-order valence-corrected chi connectivity index (χ4v) is 5.79. The van der Waals surface area contributed by atoms with Crippen LogP contribution in [0.3, 0.4) is 0 Å². The summed E-state index contributed by atoms with van der Waals surface area (Å²) < 4.78 is 1.86. The zero-order valence-electron chi connectivity index (χ0n) is 13.7. The summed E-state index contributed by atoms with van der Waals surface area (Å²) >= 11 is 4.77. The molecule has 1 saturated carbocycles. The molecule has 1 aliphatic carbocycles. The molecule has 4 nitrogen and oxygen atoms in total. The van der Waals surface area contributed by atoms with E-state index >= 15 is 0 Å². The molecule has 0 radical (unpaired) electrons. The molecule has 7 heteroatoms. The molecule has 0 saturated heterocycles. The Bertz CT molecular complexity index is 494. The fraction of sp³-hybridized carbons (Fsp3) is 0.800. The third-order valence-corrected chi connectivity index (χ3v) is 7.46. The van der Waals surface area contributed by atoms with E-state index in [9.17, 15) is 4.79 Å². The topological polar surface area (TPSA) is 54.9 Å². The highest BCUT2D eigenvalue weighted by atomic mass is 32.2. The number of nitrogens with one attached hydrogen (secondary N) is 1. The van der Waals surface area contributed by atoms with Crippen molar-refractivity contribution in [3.63, 3.8) is 0 Å². The van der Waals surface area contributed by atoms with Crippen LogP contribution < -0.4 is 5.32 Å². The van der Waals surface area contributed by atoms with Gasteiger partial charge in [0, 0.05) is 6.04 Å². The molecule has 22 heavy (non-hydrogen) atoms. The molecule has 1 heterocycles. The van der Waals surface area contributed by atoms with Crippen LogP contribution in [0.4, 0.5) is 0 Å². The summed E-state index contributed by atoms with van der Waals surface area (Å²) in [5.41, 5.74) is 0. The number of rotatable bonds is 6. The van der Waals surface area contributed by atoms with Crippen LogP contribution in [0.15, 0.2) is 8.68 Å². The smallest absolute Gasteiger partial charge is 0.233 e. The number of thioether (sulfide) groups is 2. The second-order valence-electron chi connectivity index (χ2n) is 5.91. The van der Waals surface area contributed by atoms with Crippen molar-refractivity contribution in [2.45, 2.75) is 66.9 Å². The molecule has 0 aliphatic heterocycles. The average Bonchev–Trinajstić information content (AvgIpc) is 2.91. The first-order valence-corrected chi connectivity index (χ1v) is 10.6. The van der Waals surface area contributed by atoms with Gasteiger partial charge in [-0.1, -0.05) is 68.5 Å². The van der Waals surface area contributed by atoms with Crippen molar-refractivity contribution in [3.05, 3.63) is 0 Å². The Kier molecular flexibility index (Phi) is 7.02. The summed E-state index contributed by atoms with van der Waals surface area (Å²) in [6.45, 7) is 8.59. The zero-order valence-corrected chi connectivity index (χ0v) is 16.1. The zero-order chi connectivity index (χ0) is 16.1. The average molecular weight is 360 g/mol. The molecule has 1 fully saturated rings. The predicted octanol–water partition coefficient (Wildman–Crippen LogP) is 4.07. The molecule has 0 spiro atoms. The molecule has 2 rings (SSSR count). The lowest BCUT2D eigenvalue weighted by Crippen LogP contribution is -2.46. The molecule has 1 aliphatic rings. The third kappa shape index (κ3) is 4.86. The third-order valence-electron chi connectivity index (χ3n) is 4.34. The van der Waals surface area contributed by atoms with E-state index in [-0.39, 0.29) is 11.2 Å². The lowest BCUT2D eigenvalue weighted by atomic mass is 9.78. The first-order valence-electron chi connectivity index (χ1n) is 7.94. The van der Waals surface area contributed by atoms with Crippen LogP contribution in [0.1, 0.15) is 47.0 Å². The normalized spacial score (nSPS) is 26.6. The quantitative estimate of drug-likeness (QED) is 0.776. The Hall–Kier alpha value is -0.270. The van der Waals surface area contributed by atoms with Gasteiger partial charge in [-0.05, 0) is 30.9 Å². The number of aromatic nitrogens is 2. The Morgan fingerprint density at radius 2 is 2.09 bits per heavy atom. The van der Waals surface area contributed by atoms with E-state index in [2.05, 4.69) is 36.3 Å². The van der Waals surface area contributed by atoms with Crippen LogP contribution in [0.2, 0.25) is 0 Å². The molecular weight excluding hydrogens is 334 g/mol. The number of amides is 1. The molecule has 1 aromatic heterocycles. The van der Waals surface area contributed by atoms with Crippen LogP contribution in [-0.4, -0.2) is 33.1 Å².